The van der Waals surface area contributed by atoms with Crippen LogP contribution < -0.4 is 10.6 Å². The third-order valence-corrected chi connectivity index (χ3v) is 9.10. The highest BCUT2D eigenvalue weighted by Gasteiger charge is 2.32. The second kappa shape index (κ2) is 20.2. The number of aliphatic hydroxyl groups is 1. The lowest BCUT2D eigenvalue weighted by molar-refractivity contribution is -0.150. The van der Waals surface area contributed by atoms with Crippen molar-refractivity contribution in [3.05, 3.63) is 83.9 Å². The molecule has 1 saturated heterocycles. The number of hydrogen-bond acceptors (Lipinski definition) is 7. The quantitative estimate of drug-likeness (QED) is 0.164. The van der Waals surface area contributed by atoms with E-state index in [4.69, 9.17) is 9.47 Å². The minimum absolute atomic E-state index is 0.0254. The normalized spacial score (nSPS) is 22.3. The molecule has 260 valence electrons. The fraction of sp³-hybridized carbons (Fsp3) is 0.526. The Kier molecular flexibility index (Phi) is 15.5. The number of hydrogen-bond donors (Lipinski definition) is 3. The first kappa shape index (κ1) is 36.7. The van der Waals surface area contributed by atoms with E-state index in [0.717, 1.165) is 36.8 Å². The third kappa shape index (κ3) is 12.4. The Labute approximate surface area is 284 Å². The summed E-state index contributed by atoms with van der Waals surface area (Å²) in [5.74, 6) is -1.54. The summed E-state index contributed by atoms with van der Waals surface area (Å²) in [7, 11) is 0. The maximum Gasteiger partial charge on any atom is 0.407 e. The molecule has 3 N–H and O–H groups in total. The van der Waals surface area contributed by atoms with Gasteiger partial charge >= 0.3 is 12.1 Å². The van der Waals surface area contributed by atoms with Crippen molar-refractivity contribution >= 4 is 23.9 Å². The summed E-state index contributed by atoms with van der Waals surface area (Å²) in [5, 5.41) is 15.6. The van der Waals surface area contributed by atoms with Gasteiger partial charge in [0.2, 0.25) is 11.8 Å². The van der Waals surface area contributed by atoms with E-state index in [2.05, 4.69) is 10.6 Å². The van der Waals surface area contributed by atoms with E-state index in [1.807, 2.05) is 72.8 Å². The van der Waals surface area contributed by atoms with Crippen LogP contribution in [0, 0.1) is 11.8 Å². The Morgan fingerprint density at radius 1 is 0.938 bits per heavy atom. The van der Waals surface area contributed by atoms with E-state index in [1.165, 1.54) is 0 Å². The molecule has 0 bridgehead atoms. The molecule has 48 heavy (non-hydrogen) atoms. The van der Waals surface area contributed by atoms with Gasteiger partial charge in [0.15, 0.2) is 0 Å². The number of alkyl carbamates (subject to hydrolysis) is 1. The molecule has 0 spiro atoms. The Morgan fingerprint density at radius 3 is 2.44 bits per heavy atom. The van der Waals surface area contributed by atoms with Gasteiger partial charge in [-0.2, -0.15) is 0 Å². The Balaban J connectivity index is 1.36. The molecule has 2 aromatic carbocycles. The van der Waals surface area contributed by atoms with Gasteiger partial charge in [-0.15, -0.1) is 0 Å². The number of rotatable bonds is 12. The summed E-state index contributed by atoms with van der Waals surface area (Å²) in [5.41, 5.74) is 1.98. The molecule has 1 fully saturated rings. The van der Waals surface area contributed by atoms with Crippen LogP contribution in [0.4, 0.5) is 4.79 Å². The fourth-order valence-electron chi connectivity index (χ4n) is 6.32. The highest BCUT2D eigenvalue weighted by atomic mass is 16.5. The van der Waals surface area contributed by atoms with Gasteiger partial charge in [-0.25, -0.2) is 4.79 Å². The monoisotopic (exact) mass is 661 g/mol. The zero-order valence-corrected chi connectivity index (χ0v) is 27.9. The van der Waals surface area contributed by atoms with Crippen LogP contribution in [0.15, 0.2) is 72.8 Å². The topological polar surface area (TPSA) is 134 Å². The number of carbonyl (C=O) groups excluding carboxylic acids is 4. The fourth-order valence-corrected chi connectivity index (χ4v) is 6.32. The lowest BCUT2D eigenvalue weighted by Gasteiger charge is -2.27. The highest BCUT2D eigenvalue weighted by molar-refractivity contribution is 5.86. The van der Waals surface area contributed by atoms with Crippen molar-refractivity contribution in [1.29, 1.82) is 0 Å². The van der Waals surface area contributed by atoms with Crippen LogP contribution in [0.3, 0.4) is 0 Å². The Bertz CT molecular complexity index is 1320. The van der Waals surface area contributed by atoms with Gasteiger partial charge < -0.3 is 30.1 Å². The maximum atomic E-state index is 13.7. The molecule has 10 nitrogen and oxygen atoms in total. The summed E-state index contributed by atoms with van der Waals surface area (Å²) >= 11 is 0. The van der Waals surface area contributed by atoms with Gasteiger partial charge in [-0.05, 0) is 75.3 Å². The molecule has 2 aliphatic rings. The predicted octanol–water partition coefficient (Wildman–Crippen LogP) is 5.09. The number of amides is 3. The molecule has 2 heterocycles. The number of unbranched alkanes of at least 4 members (excludes halogenated alkanes) is 1. The van der Waals surface area contributed by atoms with Crippen molar-refractivity contribution in [2.75, 3.05) is 26.3 Å². The number of likely N-dealkylation sites (tertiary alicyclic amines) is 1. The second-order valence-corrected chi connectivity index (χ2v) is 12.8. The van der Waals surface area contributed by atoms with E-state index < -0.39 is 18.1 Å². The van der Waals surface area contributed by atoms with Crippen LogP contribution in [0.5, 0.6) is 0 Å². The van der Waals surface area contributed by atoms with Crippen molar-refractivity contribution in [1.82, 2.24) is 15.5 Å². The van der Waals surface area contributed by atoms with E-state index in [-0.39, 0.29) is 56.0 Å². The largest absolute Gasteiger partial charge is 0.463 e. The molecule has 2 aromatic rings. The number of ether oxygens (including phenoxy) is 2. The molecule has 0 unspecified atom stereocenters. The van der Waals surface area contributed by atoms with E-state index >= 15 is 0 Å². The van der Waals surface area contributed by atoms with Crippen molar-refractivity contribution < 1.29 is 33.8 Å². The average Bonchev–Trinajstić information content (AvgIpc) is 3.59. The number of esters is 1. The lowest BCUT2D eigenvalue weighted by atomic mass is 9.93. The van der Waals surface area contributed by atoms with Crippen molar-refractivity contribution in [3.63, 3.8) is 0 Å². The lowest BCUT2D eigenvalue weighted by Crippen LogP contribution is -2.45. The number of carbonyl (C=O) groups is 4. The maximum absolute atomic E-state index is 13.7. The molecule has 0 aliphatic carbocycles. The smallest absolute Gasteiger partial charge is 0.407 e. The number of cyclic esters (lactones) is 1. The first-order valence-electron chi connectivity index (χ1n) is 17.4. The second-order valence-electron chi connectivity index (χ2n) is 12.8. The average molecular weight is 662 g/mol. The molecular formula is C38H51N3O7. The predicted molar refractivity (Wildman–Crippen MR) is 183 cm³/mol. The van der Waals surface area contributed by atoms with Gasteiger partial charge in [0.25, 0.3) is 0 Å². The number of aliphatic hydroxyl groups excluding tert-OH is 1. The zero-order valence-electron chi connectivity index (χ0n) is 27.9. The molecule has 10 heteroatoms. The molecule has 3 amide bonds. The van der Waals surface area contributed by atoms with Gasteiger partial charge in [-0.1, -0.05) is 72.8 Å². The number of benzene rings is 2. The Morgan fingerprint density at radius 2 is 1.69 bits per heavy atom. The number of nitrogens with zero attached hydrogens (tertiary/aromatic N) is 1. The van der Waals surface area contributed by atoms with Gasteiger partial charge in [0, 0.05) is 19.5 Å². The molecular weight excluding hydrogens is 610 g/mol. The summed E-state index contributed by atoms with van der Waals surface area (Å²) < 4.78 is 11.1. The van der Waals surface area contributed by atoms with Gasteiger partial charge in [0.05, 0.1) is 30.5 Å². The molecule has 0 radical (unpaired) electrons. The standard InChI is InChI=1S/C38H51N3O7/c42-26-34-21-13-23-41(34)35(43)25-31-18-9-1-2-10-19-32(24-29-14-5-3-6-15-29)37(45)47-28-33(40-36(31)44)20-11-12-22-39-38(46)48-27-30-16-7-4-8-17-30/h1,3-9,14-17,31-34,42H,2,10-13,18-28H2,(H,39,46)(H,40,44)/t31-,32-,33+,34+/m1/s1. The summed E-state index contributed by atoms with van der Waals surface area (Å²) in [6.07, 6.45) is 10.2. The van der Waals surface area contributed by atoms with Crippen molar-refractivity contribution in [2.24, 2.45) is 11.8 Å². The minimum atomic E-state index is -0.582. The third-order valence-electron chi connectivity index (χ3n) is 9.10. The van der Waals surface area contributed by atoms with Gasteiger partial charge in [-0.3, -0.25) is 14.4 Å². The van der Waals surface area contributed by atoms with E-state index in [9.17, 15) is 24.3 Å². The van der Waals surface area contributed by atoms with Crippen LogP contribution in [-0.2, 0) is 36.9 Å². The SMILES string of the molecule is O=C(NCCCC[C@H]1COC(=O)[C@@H](Cc2ccccc2)CCCC=CC[C@H](CC(=O)N2CCC[C@H]2CO)C(=O)N1)OCc1ccccc1. The number of allylic oxidation sites excluding steroid dienone is 2. The van der Waals surface area contributed by atoms with Gasteiger partial charge in [0.1, 0.15) is 13.2 Å². The van der Waals surface area contributed by atoms with Crippen LogP contribution >= 0.6 is 0 Å². The zero-order chi connectivity index (χ0) is 34.0. The van der Waals surface area contributed by atoms with Crippen LogP contribution in [0.25, 0.3) is 0 Å². The van der Waals surface area contributed by atoms with Crippen LogP contribution in [-0.4, -0.2) is 72.3 Å². The summed E-state index contributed by atoms with van der Waals surface area (Å²) in [6, 6.07) is 18.7. The summed E-state index contributed by atoms with van der Waals surface area (Å²) in [6.45, 7) is 1.12. The number of nitrogens with one attached hydrogen (secondary N) is 2. The molecule has 0 saturated carbocycles. The molecule has 0 aromatic heterocycles. The minimum Gasteiger partial charge on any atom is -0.463 e. The van der Waals surface area contributed by atoms with E-state index in [0.29, 0.717) is 51.6 Å². The molecule has 2 aliphatic heterocycles. The molecule has 4 rings (SSSR count). The Hall–Kier alpha value is -4.18. The van der Waals surface area contributed by atoms with Crippen LogP contribution in [0.2, 0.25) is 0 Å². The first-order chi connectivity index (χ1) is 23.4. The molecule has 4 atom stereocenters. The van der Waals surface area contributed by atoms with Crippen molar-refractivity contribution in [2.45, 2.75) is 89.3 Å². The van der Waals surface area contributed by atoms with E-state index in [1.54, 1.807) is 4.90 Å². The van der Waals surface area contributed by atoms with Crippen molar-refractivity contribution in [3.8, 4) is 0 Å². The highest BCUT2D eigenvalue weighted by Crippen LogP contribution is 2.23. The first-order valence-corrected chi connectivity index (χ1v) is 17.4. The van der Waals surface area contributed by atoms with Crippen LogP contribution in [0.1, 0.15) is 75.3 Å². The summed E-state index contributed by atoms with van der Waals surface area (Å²) in [4.78, 5) is 54.1.